The van der Waals surface area contributed by atoms with Crippen molar-refractivity contribution >= 4 is 21.7 Å². The number of anilines is 2. The zero-order valence-electron chi connectivity index (χ0n) is 12.3. The van der Waals surface area contributed by atoms with Gasteiger partial charge >= 0.3 is 0 Å². The molecule has 0 saturated carbocycles. The standard InChI is InChI=1S/C12H20N6O2S/c1-4-5-18-7-10(12(13)16-18)21(19,20)17-11-6-9(8(2)3)14-15-11/h6-8H,4-5H2,1-3H3,(H2,13,16)(H2,14,15,17). The van der Waals surface area contributed by atoms with Gasteiger partial charge in [-0.2, -0.15) is 10.2 Å². The Hall–Kier alpha value is -2.03. The molecular formula is C12H20N6O2S. The Bertz CT molecular complexity index is 716. The van der Waals surface area contributed by atoms with Crippen molar-refractivity contribution in [3.8, 4) is 0 Å². The van der Waals surface area contributed by atoms with Crippen molar-refractivity contribution in [2.24, 2.45) is 0 Å². The summed E-state index contributed by atoms with van der Waals surface area (Å²) >= 11 is 0. The number of hydrogen-bond acceptors (Lipinski definition) is 5. The molecule has 0 spiro atoms. The zero-order valence-corrected chi connectivity index (χ0v) is 13.1. The first-order valence-electron chi connectivity index (χ1n) is 6.74. The van der Waals surface area contributed by atoms with Gasteiger partial charge in [0.2, 0.25) is 0 Å². The predicted octanol–water partition coefficient (Wildman–Crippen LogP) is 1.52. The van der Waals surface area contributed by atoms with E-state index in [-0.39, 0.29) is 22.4 Å². The Morgan fingerprint density at radius 1 is 1.48 bits per heavy atom. The second kappa shape index (κ2) is 5.76. The highest BCUT2D eigenvalue weighted by Gasteiger charge is 2.22. The van der Waals surface area contributed by atoms with Crippen molar-refractivity contribution in [2.45, 2.75) is 44.6 Å². The van der Waals surface area contributed by atoms with Crippen molar-refractivity contribution in [1.82, 2.24) is 20.0 Å². The molecule has 2 rings (SSSR count). The van der Waals surface area contributed by atoms with E-state index in [0.717, 1.165) is 12.1 Å². The summed E-state index contributed by atoms with van der Waals surface area (Å²) in [6, 6.07) is 1.66. The lowest BCUT2D eigenvalue weighted by Crippen LogP contribution is -2.14. The molecule has 0 bridgehead atoms. The fourth-order valence-corrected chi connectivity index (χ4v) is 2.91. The number of aromatic amines is 1. The van der Waals surface area contributed by atoms with Crippen LogP contribution >= 0.6 is 0 Å². The Balaban J connectivity index is 2.25. The van der Waals surface area contributed by atoms with Crippen LogP contribution in [-0.4, -0.2) is 28.4 Å². The van der Waals surface area contributed by atoms with E-state index >= 15 is 0 Å². The normalized spacial score (nSPS) is 12.0. The minimum absolute atomic E-state index is 0.0180. The number of hydrogen-bond donors (Lipinski definition) is 3. The summed E-state index contributed by atoms with van der Waals surface area (Å²) in [5, 5.41) is 10.7. The van der Waals surface area contributed by atoms with Crippen molar-refractivity contribution in [1.29, 1.82) is 0 Å². The van der Waals surface area contributed by atoms with Crippen LogP contribution in [0, 0.1) is 0 Å². The van der Waals surface area contributed by atoms with Gasteiger partial charge in [0, 0.05) is 24.5 Å². The number of rotatable bonds is 6. The number of aromatic nitrogens is 4. The molecule has 0 aliphatic heterocycles. The molecule has 0 fully saturated rings. The minimum atomic E-state index is -3.79. The van der Waals surface area contributed by atoms with E-state index in [1.165, 1.54) is 10.9 Å². The van der Waals surface area contributed by atoms with E-state index in [0.29, 0.717) is 6.54 Å². The second-order valence-corrected chi connectivity index (χ2v) is 6.76. The van der Waals surface area contributed by atoms with Crippen LogP contribution < -0.4 is 10.5 Å². The number of nitrogen functional groups attached to an aromatic ring is 1. The molecular weight excluding hydrogens is 292 g/mol. The van der Waals surface area contributed by atoms with Crippen LogP contribution in [-0.2, 0) is 16.6 Å². The quantitative estimate of drug-likeness (QED) is 0.747. The fourth-order valence-electron chi connectivity index (χ4n) is 1.85. The number of nitrogens with two attached hydrogens (primary N) is 1. The monoisotopic (exact) mass is 312 g/mol. The number of H-pyrrole nitrogens is 1. The summed E-state index contributed by atoms with van der Waals surface area (Å²) in [6.45, 7) is 6.55. The van der Waals surface area contributed by atoms with Crippen molar-refractivity contribution in [2.75, 3.05) is 10.5 Å². The third-order valence-corrected chi connectivity index (χ3v) is 4.33. The van der Waals surface area contributed by atoms with E-state index in [2.05, 4.69) is 20.0 Å². The number of sulfonamides is 1. The van der Waals surface area contributed by atoms with E-state index in [1.807, 2.05) is 20.8 Å². The van der Waals surface area contributed by atoms with Gasteiger partial charge in [-0.15, -0.1) is 0 Å². The van der Waals surface area contributed by atoms with Gasteiger partial charge in [-0.3, -0.25) is 14.5 Å². The van der Waals surface area contributed by atoms with Crippen molar-refractivity contribution < 1.29 is 8.42 Å². The molecule has 116 valence electrons. The molecule has 9 heteroatoms. The molecule has 0 amide bonds. The van der Waals surface area contributed by atoms with Crippen LogP contribution in [0.4, 0.5) is 11.6 Å². The Morgan fingerprint density at radius 3 is 2.76 bits per heavy atom. The molecule has 21 heavy (non-hydrogen) atoms. The molecule has 0 unspecified atom stereocenters. The van der Waals surface area contributed by atoms with Crippen LogP contribution in [0.25, 0.3) is 0 Å². The van der Waals surface area contributed by atoms with Gasteiger partial charge < -0.3 is 5.73 Å². The van der Waals surface area contributed by atoms with Gasteiger partial charge in [0.15, 0.2) is 11.6 Å². The molecule has 0 aliphatic rings. The maximum atomic E-state index is 12.3. The lowest BCUT2D eigenvalue weighted by atomic mass is 10.1. The van der Waals surface area contributed by atoms with E-state index in [1.54, 1.807) is 6.07 Å². The lowest BCUT2D eigenvalue weighted by molar-refractivity contribution is 0.595. The first-order valence-corrected chi connectivity index (χ1v) is 8.23. The summed E-state index contributed by atoms with van der Waals surface area (Å²) < 4.78 is 28.6. The minimum Gasteiger partial charge on any atom is -0.381 e. The van der Waals surface area contributed by atoms with Gasteiger partial charge in [-0.25, -0.2) is 8.42 Å². The molecule has 0 aromatic carbocycles. The summed E-state index contributed by atoms with van der Waals surface area (Å²) in [7, 11) is -3.79. The first kappa shape index (κ1) is 15.4. The number of aryl methyl sites for hydroxylation is 1. The number of nitrogens with zero attached hydrogens (tertiary/aromatic N) is 3. The van der Waals surface area contributed by atoms with E-state index in [9.17, 15) is 8.42 Å². The van der Waals surface area contributed by atoms with Crippen molar-refractivity contribution in [3.05, 3.63) is 18.0 Å². The van der Waals surface area contributed by atoms with Crippen LogP contribution in [0.2, 0.25) is 0 Å². The molecule has 0 aliphatic carbocycles. The molecule has 0 radical (unpaired) electrons. The molecule has 0 saturated heterocycles. The largest absolute Gasteiger partial charge is 0.381 e. The van der Waals surface area contributed by atoms with Gasteiger partial charge in [-0.05, 0) is 12.3 Å². The van der Waals surface area contributed by atoms with Crippen LogP contribution in [0.3, 0.4) is 0 Å². The molecule has 4 N–H and O–H groups in total. The molecule has 8 nitrogen and oxygen atoms in total. The summed E-state index contributed by atoms with van der Waals surface area (Å²) in [4.78, 5) is -0.0370. The van der Waals surface area contributed by atoms with E-state index in [4.69, 9.17) is 5.73 Å². The molecule has 0 atom stereocenters. The van der Waals surface area contributed by atoms with Gasteiger partial charge in [0.05, 0.1) is 0 Å². The summed E-state index contributed by atoms with van der Waals surface area (Å²) in [5.41, 5.74) is 6.53. The predicted molar refractivity (Wildman–Crippen MR) is 80.4 cm³/mol. The summed E-state index contributed by atoms with van der Waals surface area (Å²) in [5.74, 6) is 0.449. The molecule has 2 aromatic rings. The van der Waals surface area contributed by atoms with E-state index < -0.39 is 10.0 Å². The average Bonchev–Trinajstić information content (AvgIpc) is 2.96. The van der Waals surface area contributed by atoms with Crippen LogP contribution in [0.1, 0.15) is 38.8 Å². The fraction of sp³-hybridized carbons (Fsp3) is 0.500. The number of nitrogens with one attached hydrogen (secondary N) is 2. The summed E-state index contributed by atoms with van der Waals surface area (Å²) in [6.07, 6.45) is 2.27. The van der Waals surface area contributed by atoms with Gasteiger partial charge in [0.25, 0.3) is 10.0 Å². The molecule has 2 heterocycles. The maximum absolute atomic E-state index is 12.3. The Labute approximate surface area is 123 Å². The topological polar surface area (TPSA) is 119 Å². The van der Waals surface area contributed by atoms with Crippen molar-refractivity contribution in [3.63, 3.8) is 0 Å². The lowest BCUT2D eigenvalue weighted by Gasteiger charge is -2.03. The Kier molecular flexibility index (Phi) is 4.21. The average molecular weight is 312 g/mol. The van der Waals surface area contributed by atoms with Crippen LogP contribution in [0.15, 0.2) is 17.2 Å². The molecule has 2 aromatic heterocycles. The van der Waals surface area contributed by atoms with Gasteiger partial charge in [-0.1, -0.05) is 20.8 Å². The highest BCUT2D eigenvalue weighted by molar-refractivity contribution is 7.92. The third-order valence-electron chi connectivity index (χ3n) is 2.96. The smallest absolute Gasteiger partial charge is 0.268 e. The van der Waals surface area contributed by atoms with Gasteiger partial charge in [0.1, 0.15) is 4.90 Å². The first-order chi connectivity index (χ1) is 9.83. The Morgan fingerprint density at radius 2 is 2.19 bits per heavy atom. The highest BCUT2D eigenvalue weighted by Crippen LogP contribution is 2.21. The maximum Gasteiger partial charge on any atom is 0.268 e. The zero-order chi connectivity index (χ0) is 15.6. The highest BCUT2D eigenvalue weighted by atomic mass is 32.2. The SMILES string of the molecule is CCCn1cc(S(=O)(=O)Nc2cc(C(C)C)[nH]n2)c(N)n1. The second-order valence-electron chi connectivity index (χ2n) is 5.11. The van der Waals surface area contributed by atoms with Crippen LogP contribution in [0.5, 0.6) is 0 Å². The third kappa shape index (κ3) is 3.35.